The molecule has 0 spiro atoms. The minimum atomic E-state index is -4.16. The maximum Gasteiger partial charge on any atom is 0.391 e. The number of carbonyl (C=O) groups is 1. The summed E-state index contributed by atoms with van der Waals surface area (Å²) in [7, 11) is 0. The highest BCUT2D eigenvalue weighted by molar-refractivity contribution is 5.75. The molecule has 30 heavy (non-hydrogen) atoms. The van der Waals surface area contributed by atoms with Crippen LogP contribution < -0.4 is 16.1 Å². The van der Waals surface area contributed by atoms with Gasteiger partial charge in [-0.2, -0.15) is 27.0 Å². The number of piperidine rings is 1. The molecular formula is C20H33F5N4O. The van der Waals surface area contributed by atoms with E-state index in [4.69, 9.17) is 0 Å². The molecule has 3 N–H and O–H groups in total. The van der Waals surface area contributed by atoms with Crippen molar-refractivity contribution in [1.29, 1.82) is 0 Å². The molecule has 5 nitrogen and oxygen atoms in total. The topological polar surface area (TPSA) is 56.4 Å². The zero-order valence-corrected chi connectivity index (χ0v) is 17.4. The maximum absolute atomic E-state index is 13.2. The molecule has 3 fully saturated rings. The maximum atomic E-state index is 13.2. The van der Waals surface area contributed by atoms with Crippen molar-refractivity contribution in [1.82, 2.24) is 21.1 Å². The Morgan fingerprint density at radius 1 is 1.17 bits per heavy atom. The number of hydrogen-bond donors (Lipinski definition) is 3. The second-order valence-electron chi connectivity index (χ2n) is 8.99. The van der Waals surface area contributed by atoms with Crippen LogP contribution in [0.15, 0.2) is 0 Å². The van der Waals surface area contributed by atoms with Gasteiger partial charge in [0.2, 0.25) is 5.91 Å². The second-order valence-corrected chi connectivity index (χ2v) is 8.99. The molecule has 6 unspecified atom stereocenters. The summed E-state index contributed by atoms with van der Waals surface area (Å²) in [5.41, 5.74) is 2.91. The van der Waals surface area contributed by atoms with E-state index in [2.05, 4.69) is 16.1 Å². The quantitative estimate of drug-likeness (QED) is 0.438. The van der Waals surface area contributed by atoms with Crippen molar-refractivity contribution in [3.05, 3.63) is 0 Å². The molecule has 10 heteroatoms. The Bertz CT molecular complexity index is 576. The standard InChI is InChI=1S/C20H33F5N4O/c1-2-18(30)27-11-13-10-26-17(12-4-3-5-14(8-12)20(23,24)25)9-15(13)16-6-7-29(28-16)19(21)22/h12-17,19,26,28H,2-11H2,1H3,(H,27,30). The van der Waals surface area contributed by atoms with Crippen LogP contribution in [0.2, 0.25) is 0 Å². The van der Waals surface area contributed by atoms with E-state index in [1.807, 2.05) is 0 Å². The van der Waals surface area contributed by atoms with Crippen LogP contribution in [0.4, 0.5) is 22.0 Å². The molecular weight excluding hydrogens is 407 g/mol. The van der Waals surface area contributed by atoms with E-state index in [0.29, 0.717) is 38.8 Å². The van der Waals surface area contributed by atoms with Gasteiger partial charge >= 0.3 is 12.7 Å². The largest absolute Gasteiger partial charge is 0.391 e. The number of alkyl halides is 5. The Hall–Kier alpha value is -1.00. The molecule has 2 saturated heterocycles. The molecule has 0 aromatic heterocycles. The summed E-state index contributed by atoms with van der Waals surface area (Å²) >= 11 is 0. The first-order valence-corrected chi connectivity index (χ1v) is 11.1. The third kappa shape index (κ3) is 5.82. The Morgan fingerprint density at radius 3 is 2.57 bits per heavy atom. The van der Waals surface area contributed by atoms with Gasteiger partial charge in [0.05, 0.1) is 5.92 Å². The van der Waals surface area contributed by atoms with E-state index in [1.165, 1.54) is 0 Å². The zero-order chi connectivity index (χ0) is 21.9. The van der Waals surface area contributed by atoms with Crippen LogP contribution in [-0.2, 0) is 4.79 Å². The third-order valence-electron chi connectivity index (χ3n) is 7.17. The number of amides is 1. The van der Waals surface area contributed by atoms with E-state index in [9.17, 15) is 26.7 Å². The van der Waals surface area contributed by atoms with Gasteiger partial charge in [-0.05, 0) is 49.9 Å². The second kappa shape index (κ2) is 10.1. The van der Waals surface area contributed by atoms with Gasteiger partial charge in [0.15, 0.2) is 0 Å². The highest BCUT2D eigenvalue weighted by atomic mass is 19.4. The van der Waals surface area contributed by atoms with Crippen LogP contribution in [0.3, 0.4) is 0 Å². The lowest BCUT2D eigenvalue weighted by Gasteiger charge is -2.45. The molecule has 1 saturated carbocycles. The van der Waals surface area contributed by atoms with Crippen molar-refractivity contribution in [2.45, 2.75) is 76.7 Å². The highest BCUT2D eigenvalue weighted by Gasteiger charge is 2.46. The summed E-state index contributed by atoms with van der Waals surface area (Å²) < 4.78 is 65.9. The summed E-state index contributed by atoms with van der Waals surface area (Å²) in [5, 5.41) is 7.26. The molecule has 6 atom stereocenters. The summed E-state index contributed by atoms with van der Waals surface area (Å²) in [6.45, 7) is 0.432. The Kier molecular flexibility index (Phi) is 7.95. The molecule has 0 radical (unpaired) electrons. The van der Waals surface area contributed by atoms with Gasteiger partial charge in [-0.15, -0.1) is 0 Å². The van der Waals surface area contributed by atoms with E-state index in [1.54, 1.807) is 6.92 Å². The van der Waals surface area contributed by atoms with Gasteiger partial charge in [0.1, 0.15) is 0 Å². The first-order chi connectivity index (χ1) is 14.2. The number of carbonyl (C=O) groups excluding carboxylic acids is 1. The first-order valence-electron chi connectivity index (χ1n) is 11.1. The van der Waals surface area contributed by atoms with Gasteiger partial charge < -0.3 is 10.6 Å². The van der Waals surface area contributed by atoms with Crippen LogP contribution in [-0.4, -0.2) is 55.4 Å². The van der Waals surface area contributed by atoms with Gasteiger partial charge in [-0.3, -0.25) is 4.79 Å². The van der Waals surface area contributed by atoms with Gasteiger partial charge in [-0.1, -0.05) is 13.3 Å². The van der Waals surface area contributed by atoms with Gasteiger partial charge in [-0.25, -0.2) is 5.43 Å². The number of nitrogens with one attached hydrogen (secondary N) is 3. The highest BCUT2D eigenvalue weighted by Crippen LogP contribution is 2.43. The zero-order valence-electron chi connectivity index (χ0n) is 17.4. The third-order valence-corrected chi connectivity index (χ3v) is 7.17. The molecule has 0 aromatic rings. The average Bonchev–Trinajstić information content (AvgIpc) is 3.22. The summed E-state index contributed by atoms with van der Waals surface area (Å²) in [6.07, 6.45) is -0.947. The molecule has 2 heterocycles. The monoisotopic (exact) mass is 440 g/mol. The SMILES string of the molecule is CCC(=O)NCC1CNC(C2CCCC(C(F)(F)F)C2)CC1C1CCN(C(F)F)N1. The smallest absolute Gasteiger partial charge is 0.356 e. The van der Waals surface area contributed by atoms with Crippen molar-refractivity contribution < 1.29 is 26.7 Å². The number of nitrogens with zero attached hydrogens (tertiary/aromatic N) is 1. The predicted molar refractivity (Wildman–Crippen MR) is 102 cm³/mol. The van der Waals surface area contributed by atoms with Crippen molar-refractivity contribution in [2.24, 2.45) is 23.7 Å². The van der Waals surface area contributed by atoms with Crippen molar-refractivity contribution in [3.8, 4) is 0 Å². The number of rotatable bonds is 6. The Morgan fingerprint density at radius 2 is 1.93 bits per heavy atom. The minimum absolute atomic E-state index is 0.0171. The number of halogens is 5. The molecule has 2 aliphatic heterocycles. The lowest BCUT2D eigenvalue weighted by atomic mass is 9.70. The number of hydrazine groups is 1. The number of hydrogen-bond acceptors (Lipinski definition) is 4. The minimum Gasteiger partial charge on any atom is -0.356 e. The van der Waals surface area contributed by atoms with E-state index >= 15 is 0 Å². The summed E-state index contributed by atoms with van der Waals surface area (Å²) in [4.78, 5) is 11.7. The molecule has 1 amide bonds. The van der Waals surface area contributed by atoms with Crippen LogP contribution in [0, 0.1) is 23.7 Å². The molecule has 0 bridgehead atoms. The fraction of sp³-hybridized carbons (Fsp3) is 0.950. The lowest BCUT2D eigenvalue weighted by Crippen LogP contribution is -2.56. The Labute approximate surface area is 174 Å². The van der Waals surface area contributed by atoms with E-state index in [0.717, 1.165) is 11.4 Å². The van der Waals surface area contributed by atoms with E-state index < -0.39 is 18.6 Å². The summed E-state index contributed by atoms with van der Waals surface area (Å²) in [5.74, 6) is -1.31. The van der Waals surface area contributed by atoms with Crippen LogP contribution in [0.5, 0.6) is 0 Å². The van der Waals surface area contributed by atoms with Crippen molar-refractivity contribution in [3.63, 3.8) is 0 Å². The van der Waals surface area contributed by atoms with Gasteiger partial charge in [0.25, 0.3) is 0 Å². The van der Waals surface area contributed by atoms with E-state index in [-0.39, 0.29) is 55.1 Å². The summed E-state index contributed by atoms with van der Waals surface area (Å²) in [6, 6.07) is -0.213. The molecule has 174 valence electrons. The van der Waals surface area contributed by atoms with Crippen LogP contribution >= 0.6 is 0 Å². The van der Waals surface area contributed by atoms with Crippen LogP contribution in [0.25, 0.3) is 0 Å². The van der Waals surface area contributed by atoms with Crippen molar-refractivity contribution in [2.75, 3.05) is 19.6 Å². The first kappa shape index (κ1) is 23.7. The molecule has 1 aliphatic carbocycles. The Balaban J connectivity index is 1.67. The van der Waals surface area contributed by atoms with Gasteiger partial charge in [0, 0.05) is 38.1 Å². The lowest BCUT2D eigenvalue weighted by molar-refractivity contribution is -0.187. The molecule has 3 rings (SSSR count). The average molecular weight is 441 g/mol. The fourth-order valence-electron chi connectivity index (χ4n) is 5.44. The van der Waals surface area contributed by atoms with Crippen molar-refractivity contribution >= 4 is 5.91 Å². The molecule has 0 aromatic carbocycles. The fourth-order valence-corrected chi connectivity index (χ4v) is 5.44. The predicted octanol–water partition coefficient (Wildman–Crippen LogP) is 3.28. The molecule has 3 aliphatic rings. The van der Waals surface area contributed by atoms with Crippen LogP contribution in [0.1, 0.15) is 51.9 Å². The normalized spacial score (nSPS) is 36.2.